The van der Waals surface area contributed by atoms with Gasteiger partial charge in [-0.25, -0.2) is 0 Å². The first-order valence-corrected chi connectivity index (χ1v) is 9.50. The Kier molecular flexibility index (Phi) is 9.66. The SMILES string of the molecule is C=C/C(=C\N(C)C)c1cccc(C(C)=N/C(C)=C(C=C)/C(C=NC)=C/CC)c1. The Bertz CT molecular complexity index is 846. The highest BCUT2D eigenvalue weighted by molar-refractivity contribution is 6.00. The molecule has 0 aliphatic carbocycles. The third kappa shape index (κ3) is 6.66. The van der Waals surface area contributed by atoms with E-state index in [2.05, 4.69) is 61.6 Å². The normalized spacial score (nSPS) is 14.1. The van der Waals surface area contributed by atoms with Crippen LogP contribution in [0.25, 0.3) is 5.57 Å². The van der Waals surface area contributed by atoms with Gasteiger partial charge in [-0.1, -0.05) is 56.5 Å². The molecule has 0 aliphatic heterocycles. The minimum absolute atomic E-state index is 0.922. The number of nitrogens with zero attached hydrogens (tertiary/aromatic N) is 3. The number of rotatable bonds is 9. The predicted molar refractivity (Wildman–Crippen MR) is 126 cm³/mol. The molecule has 1 rings (SSSR count). The maximum atomic E-state index is 4.86. The smallest absolute Gasteiger partial charge is 0.0454 e. The van der Waals surface area contributed by atoms with Crippen LogP contribution in [-0.4, -0.2) is 38.0 Å². The quantitative estimate of drug-likeness (QED) is 0.379. The lowest BCUT2D eigenvalue weighted by Gasteiger charge is -2.11. The van der Waals surface area contributed by atoms with E-state index in [1.165, 1.54) is 0 Å². The summed E-state index contributed by atoms with van der Waals surface area (Å²) in [6, 6.07) is 8.37. The first kappa shape index (κ1) is 23.1. The van der Waals surface area contributed by atoms with E-state index >= 15 is 0 Å². The zero-order valence-electron chi connectivity index (χ0n) is 18.2. The minimum Gasteiger partial charge on any atom is -0.383 e. The second-order valence-electron chi connectivity index (χ2n) is 6.69. The van der Waals surface area contributed by atoms with Crippen molar-refractivity contribution in [1.82, 2.24) is 4.90 Å². The molecule has 0 atom stereocenters. The molecular formula is C25H33N3. The highest BCUT2D eigenvalue weighted by Gasteiger charge is 2.06. The van der Waals surface area contributed by atoms with Crippen molar-refractivity contribution in [3.63, 3.8) is 0 Å². The monoisotopic (exact) mass is 375 g/mol. The van der Waals surface area contributed by atoms with E-state index in [-0.39, 0.29) is 0 Å². The predicted octanol–water partition coefficient (Wildman–Crippen LogP) is 6.08. The fourth-order valence-electron chi connectivity index (χ4n) is 2.89. The molecule has 0 bridgehead atoms. The van der Waals surface area contributed by atoms with Gasteiger partial charge >= 0.3 is 0 Å². The summed E-state index contributed by atoms with van der Waals surface area (Å²) in [5, 5.41) is 0. The maximum absolute atomic E-state index is 4.86. The Morgan fingerprint density at radius 1 is 1.11 bits per heavy atom. The molecule has 0 fully saturated rings. The summed E-state index contributed by atoms with van der Waals surface area (Å²) in [5.74, 6) is 0. The second kappa shape index (κ2) is 11.7. The van der Waals surface area contributed by atoms with Crippen molar-refractivity contribution in [3.8, 4) is 0 Å². The number of hydrogen-bond donors (Lipinski definition) is 0. The van der Waals surface area contributed by atoms with Crippen LogP contribution in [0, 0.1) is 0 Å². The molecule has 3 nitrogen and oxygen atoms in total. The van der Waals surface area contributed by atoms with E-state index in [4.69, 9.17) is 4.99 Å². The Labute approximate surface area is 170 Å². The molecule has 0 amide bonds. The lowest BCUT2D eigenvalue weighted by atomic mass is 10.0. The van der Waals surface area contributed by atoms with Crippen molar-refractivity contribution >= 4 is 17.5 Å². The highest BCUT2D eigenvalue weighted by atomic mass is 15.0. The third-order valence-corrected chi connectivity index (χ3v) is 4.16. The molecule has 0 aromatic heterocycles. The van der Waals surface area contributed by atoms with Gasteiger partial charge in [0.1, 0.15) is 0 Å². The van der Waals surface area contributed by atoms with Crippen LogP contribution in [0.4, 0.5) is 0 Å². The van der Waals surface area contributed by atoms with Crippen molar-refractivity contribution in [3.05, 3.63) is 89.8 Å². The Morgan fingerprint density at radius 2 is 1.79 bits per heavy atom. The second-order valence-corrected chi connectivity index (χ2v) is 6.69. The van der Waals surface area contributed by atoms with Crippen LogP contribution in [0.1, 0.15) is 38.3 Å². The van der Waals surface area contributed by atoms with E-state index in [0.717, 1.165) is 45.7 Å². The fraction of sp³-hybridized carbons (Fsp3) is 0.280. The molecule has 1 aromatic rings. The molecule has 3 heteroatoms. The van der Waals surface area contributed by atoms with Crippen molar-refractivity contribution in [2.45, 2.75) is 27.2 Å². The minimum atomic E-state index is 0.922. The molecule has 0 heterocycles. The standard InChI is InChI=1S/C25H33N3/c1-9-13-24(17-26-6)25(11-3)20(5)27-19(4)22-14-12-15-23(16-22)21(10-2)18-28(7)8/h10-18H,2-3,9H2,1,4-8H3/b21-18+,24-13+,25-20+,26-17?,27-19?. The number of benzene rings is 1. The van der Waals surface area contributed by atoms with Crippen LogP contribution < -0.4 is 0 Å². The largest absolute Gasteiger partial charge is 0.383 e. The molecule has 1 aromatic carbocycles. The van der Waals surface area contributed by atoms with Crippen molar-refractivity contribution in [2.24, 2.45) is 9.98 Å². The van der Waals surface area contributed by atoms with Gasteiger partial charge in [0.05, 0.1) is 0 Å². The van der Waals surface area contributed by atoms with E-state index in [9.17, 15) is 0 Å². The van der Waals surface area contributed by atoms with Crippen LogP contribution in [-0.2, 0) is 0 Å². The summed E-state index contributed by atoms with van der Waals surface area (Å²) in [4.78, 5) is 11.0. The third-order valence-electron chi connectivity index (χ3n) is 4.16. The number of allylic oxidation sites excluding steroid dienone is 7. The Balaban J connectivity index is 3.40. The van der Waals surface area contributed by atoms with Crippen LogP contribution in [0.2, 0.25) is 0 Å². The van der Waals surface area contributed by atoms with Gasteiger partial charge < -0.3 is 4.90 Å². The van der Waals surface area contributed by atoms with E-state index in [1.807, 2.05) is 51.2 Å². The average molecular weight is 376 g/mol. The van der Waals surface area contributed by atoms with Crippen molar-refractivity contribution in [1.29, 1.82) is 0 Å². The zero-order chi connectivity index (χ0) is 21.1. The molecule has 148 valence electrons. The van der Waals surface area contributed by atoms with Crippen LogP contribution in [0.15, 0.2) is 88.7 Å². The van der Waals surface area contributed by atoms with Gasteiger partial charge in [0.15, 0.2) is 0 Å². The van der Waals surface area contributed by atoms with Crippen molar-refractivity contribution in [2.75, 3.05) is 21.1 Å². The van der Waals surface area contributed by atoms with Crippen molar-refractivity contribution < 1.29 is 0 Å². The maximum Gasteiger partial charge on any atom is 0.0454 e. The molecule has 0 N–H and O–H groups in total. The lowest BCUT2D eigenvalue weighted by molar-refractivity contribution is 0.566. The van der Waals surface area contributed by atoms with Gasteiger partial charge in [-0.15, -0.1) is 0 Å². The van der Waals surface area contributed by atoms with Gasteiger partial charge in [-0.2, -0.15) is 0 Å². The Morgan fingerprint density at radius 3 is 2.32 bits per heavy atom. The topological polar surface area (TPSA) is 28.0 Å². The van der Waals surface area contributed by atoms with Crippen LogP contribution >= 0.6 is 0 Å². The van der Waals surface area contributed by atoms with Gasteiger partial charge in [0, 0.05) is 50.5 Å². The van der Waals surface area contributed by atoms with Gasteiger partial charge in [0.25, 0.3) is 0 Å². The molecule has 0 unspecified atom stereocenters. The molecule has 0 radical (unpaired) electrons. The summed E-state index contributed by atoms with van der Waals surface area (Å²) in [7, 11) is 5.79. The summed E-state index contributed by atoms with van der Waals surface area (Å²) in [6.07, 6.45) is 10.7. The van der Waals surface area contributed by atoms with Gasteiger partial charge in [-0.05, 0) is 48.6 Å². The first-order valence-electron chi connectivity index (χ1n) is 9.50. The van der Waals surface area contributed by atoms with E-state index < -0.39 is 0 Å². The first-order chi connectivity index (χ1) is 13.4. The molecule has 0 aliphatic rings. The average Bonchev–Trinajstić information content (AvgIpc) is 2.67. The molecule has 0 saturated heterocycles. The number of aliphatic imine (C=N–C) groups is 2. The highest BCUT2D eigenvalue weighted by Crippen LogP contribution is 2.20. The molecule has 0 saturated carbocycles. The number of hydrogen-bond acceptors (Lipinski definition) is 3. The lowest BCUT2D eigenvalue weighted by Crippen LogP contribution is -2.03. The summed E-state index contributed by atoms with van der Waals surface area (Å²) >= 11 is 0. The molecule has 0 spiro atoms. The zero-order valence-corrected chi connectivity index (χ0v) is 18.2. The van der Waals surface area contributed by atoms with E-state index in [0.29, 0.717) is 0 Å². The summed E-state index contributed by atoms with van der Waals surface area (Å²) in [5.41, 5.74) is 7.20. The van der Waals surface area contributed by atoms with Crippen LogP contribution in [0.5, 0.6) is 0 Å². The summed E-state index contributed by atoms with van der Waals surface area (Å²) in [6.45, 7) is 14.1. The van der Waals surface area contributed by atoms with Gasteiger partial charge in [-0.3, -0.25) is 9.98 Å². The molecular weight excluding hydrogens is 342 g/mol. The summed E-state index contributed by atoms with van der Waals surface area (Å²) < 4.78 is 0. The fourth-order valence-corrected chi connectivity index (χ4v) is 2.89. The van der Waals surface area contributed by atoms with Gasteiger partial charge in [0.2, 0.25) is 0 Å². The van der Waals surface area contributed by atoms with E-state index in [1.54, 1.807) is 7.05 Å². The van der Waals surface area contributed by atoms with Crippen LogP contribution in [0.3, 0.4) is 0 Å². The molecule has 28 heavy (non-hydrogen) atoms. The Hall–Kier alpha value is -2.94.